The number of benzene rings is 2. The molecule has 140 valence electrons. The van der Waals surface area contributed by atoms with Gasteiger partial charge in [0.1, 0.15) is 5.82 Å². The molecule has 5 heteroatoms. The third-order valence-electron chi connectivity index (χ3n) is 5.45. The van der Waals surface area contributed by atoms with Crippen LogP contribution in [0.4, 0.5) is 0 Å². The van der Waals surface area contributed by atoms with Gasteiger partial charge in [0.15, 0.2) is 6.29 Å². The Labute approximate surface area is 165 Å². The maximum atomic E-state index is 6.16. The molecule has 2 aliphatic rings. The largest absolute Gasteiger partial charge is 0.366 e. The van der Waals surface area contributed by atoms with Crippen molar-refractivity contribution in [2.24, 2.45) is 10.7 Å². The van der Waals surface area contributed by atoms with Crippen molar-refractivity contribution in [1.82, 2.24) is 10.6 Å². The summed E-state index contributed by atoms with van der Waals surface area (Å²) in [5.41, 5.74) is 12.1. The van der Waals surface area contributed by atoms with Gasteiger partial charge in [-0.3, -0.25) is 5.73 Å². The highest BCUT2D eigenvalue weighted by Gasteiger charge is 2.43. The highest BCUT2D eigenvalue weighted by atomic mass is 35.5. The molecule has 1 atom stereocenters. The molecule has 4 rings (SSSR count). The van der Waals surface area contributed by atoms with Crippen LogP contribution in [0.25, 0.3) is 0 Å². The zero-order valence-electron chi connectivity index (χ0n) is 15.7. The first-order valence-electron chi connectivity index (χ1n) is 9.35. The third-order valence-corrected chi connectivity index (χ3v) is 5.70. The molecule has 0 amide bonds. The van der Waals surface area contributed by atoms with E-state index in [9.17, 15) is 0 Å². The summed E-state index contributed by atoms with van der Waals surface area (Å²) in [4.78, 5) is 4.60. The maximum Gasteiger partial charge on any atom is 0.173 e. The van der Waals surface area contributed by atoms with Crippen LogP contribution in [0.2, 0.25) is 5.02 Å². The first-order chi connectivity index (χ1) is 12.9. The average molecular weight is 381 g/mol. The minimum Gasteiger partial charge on any atom is -0.366 e. The number of allylic oxidation sites excluding steroid dienone is 1. The standard InChI is InChI=1S/C22H25ClN4/c1-14-4-3-5-18(15(14)2)19-12-20(26-21(24)25-19)27-22(10-11-22)13-16-6-8-17(23)9-7-16/h3-9,12,21,26-27H,10-11,13,24H2,1-2H3. The summed E-state index contributed by atoms with van der Waals surface area (Å²) in [5, 5.41) is 7.72. The Morgan fingerprint density at radius 2 is 1.93 bits per heavy atom. The number of rotatable bonds is 5. The summed E-state index contributed by atoms with van der Waals surface area (Å²) in [7, 11) is 0. The summed E-state index contributed by atoms with van der Waals surface area (Å²) < 4.78 is 0. The van der Waals surface area contributed by atoms with Crippen molar-refractivity contribution in [3.8, 4) is 0 Å². The molecule has 4 N–H and O–H groups in total. The van der Waals surface area contributed by atoms with Crippen LogP contribution in [0.1, 0.15) is 35.1 Å². The minimum atomic E-state index is -0.446. The van der Waals surface area contributed by atoms with E-state index in [4.69, 9.17) is 17.3 Å². The van der Waals surface area contributed by atoms with Crippen LogP contribution in [-0.2, 0) is 6.42 Å². The molecule has 1 heterocycles. The van der Waals surface area contributed by atoms with Gasteiger partial charge in [0.05, 0.1) is 5.71 Å². The summed E-state index contributed by atoms with van der Waals surface area (Å²) in [6.45, 7) is 4.25. The summed E-state index contributed by atoms with van der Waals surface area (Å²) in [5.74, 6) is 0.944. The lowest BCUT2D eigenvalue weighted by Gasteiger charge is -2.27. The molecule has 0 bridgehead atoms. The number of hydrogen-bond donors (Lipinski definition) is 3. The molecule has 2 aromatic rings. The third kappa shape index (κ3) is 4.02. The fourth-order valence-corrected chi connectivity index (χ4v) is 3.71. The van der Waals surface area contributed by atoms with Crippen LogP contribution in [0.3, 0.4) is 0 Å². The molecule has 1 aliphatic carbocycles. The number of halogens is 1. The Bertz CT molecular complexity index is 910. The van der Waals surface area contributed by atoms with Gasteiger partial charge in [0.25, 0.3) is 0 Å². The molecule has 0 spiro atoms. The highest BCUT2D eigenvalue weighted by Crippen LogP contribution is 2.39. The monoisotopic (exact) mass is 380 g/mol. The van der Waals surface area contributed by atoms with Crippen molar-refractivity contribution < 1.29 is 0 Å². The number of hydrogen-bond acceptors (Lipinski definition) is 4. The van der Waals surface area contributed by atoms with E-state index >= 15 is 0 Å². The second-order valence-corrected chi connectivity index (χ2v) is 8.05. The van der Waals surface area contributed by atoms with E-state index in [1.807, 2.05) is 12.1 Å². The van der Waals surface area contributed by atoms with Crippen molar-refractivity contribution in [1.29, 1.82) is 0 Å². The quantitative estimate of drug-likeness (QED) is 0.739. The van der Waals surface area contributed by atoms with E-state index in [-0.39, 0.29) is 5.54 Å². The van der Waals surface area contributed by atoms with Gasteiger partial charge in [0, 0.05) is 22.2 Å². The van der Waals surface area contributed by atoms with E-state index in [2.05, 4.69) is 65.9 Å². The van der Waals surface area contributed by atoms with Gasteiger partial charge in [-0.15, -0.1) is 0 Å². The molecular weight excluding hydrogens is 356 g/mol. The summed E-state index contributed by atoms with van der Waals surface area (Å²) >= 11 is 6.01. The zero-order valence-corrected chi connectivity index (χ0v) is 16.5. The van der Waals surface area contributed by atoms with E-state index in [1.165, 1.54) is 16.7 Å². The van der Waals surface area contributed by atoms with Crippen molar-refractivity contribution in [3.63, 3.8) is 0 Å². The topological polar surface area (TPSA) is 62.4 Å². The van der Waals surface area contributed by atoms with E-state index in [0.717, 1.165) is 41.4 Å². The van der Waals surface area contributed by atoms with E-state index in [1.54, 1.807) is 0 Å². The smallest absolute Gasteiger partial charge is 0.173 e. The van der Waals surface area contributed by atoms with Crippen LogP contribution in [0, 0.1) is 13.8 Å². The van der Waals surface area contributed by atoms with Gasteiger partial charge >= 0.3 is 0 Å². The molecule has 0 aromatic heterocycles. The molecule has 2 aromatic carbocycles. The first kappa shape index (κ1) is 18.1. The number of aryl methyl sites for hydroxylation is 1. The Kier molecular flexibility index (Phi) is 4.70. The number of nitrogens with zero attached hydrogens (tertiary/aromatic N) is 1. The summed E-state index contributed by atoms with van der Waals surface area (Å²) in [6, 6.07) is 14.4. The number of nitrogens with one attached hydrogen (secondary N) is 2. The molecule has 4 nitrogen and oxygen atoms in total. The van der Waals surface area contributed by atoms with Crippen LogP contribution in [-0.4, -0.2) is 17.5 Å². The fraction of sp³-hybridized carbons (Fsp3) is 0.318. The van der Waals surface area contributed by atoms with Crippen molar-refractivity contribution in [2.75, 3.05) is 0 Å². The molecule has 0 radical (unpaired) electrons. The molecule has 1 fully saturated rings. The lowest BCUT2D eigenvalue weighted by molar-refractivity contribution is 0.487. The van der Waals surface area contributed by atoms with Crippen LogP contribution >= 0.6 is 11.6 Å². The second-order valence-electron chi connectivity index (χ2n) is 7.62. The lowest BCUT2D eigenvalue weighted by atomic mass is 9.98. The van der Waals surface area contributed by atoms with Crippen LogP contribution in [0.15, 0.2) is 59.4 Å². The molecular formula is C22H25ClN4. The highest BCUT2D eigenvalue weighted by molar-refractivity contribution is 6.30. The van der Waals surface area contributed by atoms with Gasteiger partial charge in [-0.2, -0.15) is 0 Å². The number of aliphatic imine (C=N–C) groups is 1. The molecule has 0 saturated heterocycles. The average Bonchev–Trinajstić information content (AvgIpc) is 3.38. The second kappa shape index (κ2) is 7.02. The SMILES string of the molecule is Cc1cccc(C2=NC(N)NC(NC3(Cc4ccc(Cl)cc4)CC3)=C2)c1C. The minimum absolute atomic E-state index is 0.0798. The van der Waals surface area contributed by atoms with Gasteiger partial charge in [-0.05, 0) is 61.9 Å². The Morgan fingerprint density at radius 3 is 2.63 bits per heavy atom. The normalized spacial score (nSPS) is 20.4. The number of nitrogens with two attached hydrogens (primary N) is 1. The zero-order chi connectivity index (χ0) is 19.0. The van der Waals surface area contributed by atoms with Crippen LogP contribution < -0.4 is 16.4 Å². The fourth-order valence-electron chi connectivity index (χ4n) is 3.58. The van der Waals surface area contributed by atoms with Crippen molar-refractivity contribution >= 4 is 17.3 Å². The maximum absolute atomic E-state index is 6.16. The lowest BCUT2D eigenvalue weighted by Crippen LogP contribution is -2.47. The van der Waals surface area contributed by atoms with Gasteiger partial charge in [-0.25, -0.2) is 4.99 Å². The van der Waals surface area contributed by atoms with Crippen molar-refractivity contribution in [3.05, 3.63) is 81.6 Å². The summed E-state index contributed by atoms with van der Waals surface area (Å²) in [6.07, 6.45) is 4.87. The Hall–Kier alpha value is -2.30. The Balaban J connectivity index is 1.55. The van der Waals surface area contributed by atoms with Crippen molar-refractivity contribution in [2.45, 2.75) is 44.9 Å². The van der Waals surface area contributed by atoms with E-state index < -0.39 is 6.29 Å². The predicted molar refractivity (Wildman–Crippen MR) is 112 cm³/mol. The predicted octanol–water partition coefficient (Wildman–Crippen LogP) is 3.80. The molecule has 1 unspecified atom stereocenters. The van der Waals surface area contributed by atoms with Gasteiger partial charge in [0.2, 0.25) is 0 Å². The molecule has 1 aliphatic heterocycles. The van der Waals surface area contributed by atoms with Gasteiger partial charge < -0.3 is 10.6 Å². The molecule has 27 heavy (non-hydrogen) atoms. The molecule has 1 saturated carbocycles. The first-order valence-corrected chi connectivity index (χ1v) is 9.73. The Morgan fingerprint density at radius 1 is 1.19 bits per heavy atom. The van der Waals surface area contributed by atoms with E-state index in [0.29, 0.717) is 0 Å². The van der Waals surface area contributed by atoms with Gasteiger partial charge in [-0.1, -0.05) is 41.9 Å². The van der Waals surface area contributed by atoms with Crippen LogP contribution in [0.5, 0.6) is 0 Å².